The number of benzene rings is 1. The lowest BCUT2D eigenvalue weighted by Gasteiger charge is -2.13. The zero-order chi connectivity index (χ0) is 13.5. The smallest absolute Gasteiger partial charge is 0.308 e. The number of carbonyl (C=O) groups is 2. The summed E-state index contributed by atoms with van der Waals surface area (Å²) in [6, 6.07) is 8.59. The highest BCUT2D eigenvalue weighted by Gasteiger charge is 2.20. The number of hydrogen-bond acceptors (Lipinski definition) is 4. The molecule has 1 rings (SSSR count). The van der Waals surface area contributed by atoms with Crippen LogP contribution in [-0.4, -0.2) is 28.7 Å². The molecule has 1 atom stereocenters. The molecule has 0 bridgehead atoms. The van der Waals surface area contributed by atoms with E-state index in [1.54, 1.807) is 24.3 Å². The highest BCUT2D eigenvalue weighted by atomic mass is 16.4. The predicted octanol–water partition coefficient (Wildman–Crippen LogP) is 1.15. The Morgan fingerprint density at radius 3 is 2.56 bits per heavy atom. The molecule has 3 N–H and O–H groups in total. The van der Waals surface area contributed by atoms with E-state index in [0.717, 1.165) is 0 Å². The number of carboxylic acids is 2. The van der Waals surface area contributed by atoms with Gasteiger partial charge in [-0.15, -0.1) is 0 Å². The van der Waals surface area contributed by atoms with Crippen molar-refractivity contribution in [2.75, 3.05) is 11.9 Å². The molecule has 1 aromatic rings. The van der Waals surface area contributed by atoms with Crippen molar-refractivity contribution in [3.05, 3.63) is 29.8 Å². The Balaban J connectivity index is 2.70. The van der Waals surface area contributed by atoms with Crippen LogP contribution in [-0.2, 0) is 9.59 Å². The van der Waals surface area contributed by atoms with E-state index in [-0.39, 0.29) is 6.54 Å². The molecule has 0 heterocycles. The van der Waals surface area contributed by atoms with Gasteiger partial charge in [-0.1, -0.05) is 12.1 Å². The van der Waals surface area contributed by atoms with Gasteiger partial charge in [0.2, 0.25) is 0 Å². The van der Waals surface area contributed by atoms with E-state index >= 15 is 0 Å². The first-order chi connectivity index (χ1) is 8.54. The first-order valence-electron chi connectivity index (χ1n) is 5.22. The van der Waals surface area contributed by atoms with Gasteiger partial charge in [-0.2, -0.15) is 5.26 Å². The maximum absolute atomic E-state index is 10.8. The number of nitrogens with zero attached hydrogens (tertiary/aromatic N) is 1. The molecule has 0 saturated heterocycles. The van der Waals surface area contributed by atoms with Crippen LogP contribution in [0.3, 0.4) is 0 Å². The van der Waals surface area contributed by atoms with Gasteiger partial charge in [0.05, 0.1) is 23.6 Å². The van der Waals surface area contributed by atoms with Crippen molar-refractivity contribution in [2.45, 2.75) is 6.42 Å². The number of nitriles is 1. The largest absolute Gasteiger partial charge is 0.481 e. The van der Waals surface area contributed by atoms with Gasteiger partial charge in [0, 0.05) is 6.54 Å². The third-order valence-electron chi connectivity index (χ3n) is 2.36. The van der Waals surface area contributed by atoms with Gasteiger partial charge < -0.3 is 15.5 Å². The Labute approximate surface area is 103 Å². The Hall–Kier alpha value is -2.55. The summed E-state index contributed by atoms with van der Waals surface area (Å²) in [5.74, 6) is -3.38. The maximum atomic E-state index is 10.8. The van der Waals surface area contributed by atoms with Crippen molar-refractivity contribution in [3.63, 3.8) is 0 Å². The van der Waals surface area contributed by atoms with Crippen LogP contribution in [0.4, 0.5) is 5.69 Å². The van der Waals surface area contributed by atoms with Crippen LogP contribution in [0, 0.1) is 17.2 Å². The fraction of sp³-hybridized carbons (Fsp3) is 0.250. The Morgan fingerprint density at radius 1 is 1.33 bits per heavy atom. The molecule has 6 nitrogen and oxygen atoms in total. The first kappa shape index (κ1) is 13.5. The van der Waals surface area contributed by atoms with E-state index in [2.05, 4.69) is 5.32 Å². The van der Waals surface area contributed by atoms with Crippen LogP contribution in [0.1, 0.15) is 12.0 Å². The van der Waals surface area contributed by atoms with Crippen LogP contribution in [0.2, 0.25) is 0 Å². The van der Waals surface area contributed by atoms with Gasteiger partial charge in [0.1, 0.15) is 6.07 Å². The predicted molar refractivity (Wildman–Crippen MR) is 63.0 cm³/mol. The van der Waals surface area contributed by atoms with Crippen LogP contribution in [0.25, 0.3) is 0 Å². The van der Waals surface area contributed by atoms with Crippen molar-refractivity contribution < 1.29 is 19.8 Å². The summed E-state index contributed by atoms with van der Waals surface area (Å²) in [6.07, 6.45) is -0.461. The van der Waals surface area contributed by atoms with Gasteiger partial charge >= 0.3 is 11.9 Å². The van der Waals surface area contributed by atoms with E-state index in [4.69, 9.17) is 15.5 Å². The van der Waals surface area contributed by atoms with Gasteiger partial charge in [0.15, 0.2) is 0 Å². The topological polar surface area (TPSA) is 110 Å². The molecular weight excluding hydrogens is 236 g/mol. The second-order valence-electron chi connectivity index (χ2n) is 3.67. The monoisotopic (exact) mass is 248 g/mol. The Kier molecular flexibility index (Phi) is 4.69. The maximum Gasteiger partial charge on any atom is 0.308 e. The van der Waals surface area contributed by atoms with Crippen LogP contribution >= 0.6 is 0 Å². The van der Waals surface area contributed by atoms with Crippen LogP contribution in [0.15, 0.2) is 24.3 Å². The first-order valence-corrected chi connectivity index (χ1v) is 5.22. The fourth-order valence-electron chi connectivity index (χ4n) is 1.43. The molecule has 0 radical (unpaired) electrons. The normalized spacial score (nSPS) is 11.3. The van der Waals surface area contributed by atoms with Crippen LogP contribution < -0.4 is 5.32 Å². The van der Waals surface area contributed by atoms with E-state index in [1.165, 1.54) is 0 Å². The number of nitrogens with one attached hydrogen (secondary N) is 1. The van der Waals surface area contributed by atoms with E-state index in [9.17, 15) is 9.59 Å². The lowest BCUT2D eigenvalue weighted by atomic mass is 10.1. The van der Waals surface area contributed by atoms with Crippen molar-refractivity contribution >= 4 is 17.6 Å². The van der Waals surface area contributed by atoms with Crippen molar-refractivity contribution in [1.82, 2.24) is 0 Å². The zero-order valence-electron chi connectivity index (χ0n) is 9.46. The lowest BCUT2D eigenvalue weighted by Crippen LogP contribution is -2.25. The third-order valence-corrected chi connectivity index (χ3v) is 2.36. The van der Waals surface area contributed by atoms with E-state index in [0.29, 0.717) is 11.3 Å². The summed E-state index contributed by atoms with van der Waals surface area (Å²) in [5, 5.41) is 29.1. The third kappa shape index (κ3) is 3.79. The summed E-state index contributed by atoms with van der Waals surface area (Å²) in [7, 11) is 0. The molecule has 0 aliphatic rings. The van der Waals surface area contributed by atoms with E-state index < -0.39 is 24.3 Å². The minimum atomic E-state index is -1.18. The molecule has 1 aromatic carbocycles. The lowest BCUT2D eigenvalue weighted by molar-refractivity contribution is -0.147. The number of para-hydroxylation sites is 1. The molecule has 0 fully saturated rings. The molecule has 0 aromatic heterocycles. The molecule has 0 aliphatic carbocycles. The second kappa shape index (κ2) is 6.25. The summed E-state index contributed by atoms with van der Waals surface area (Å²) < 4.78 is 0. The molecule has 94 valence electrons. The van der Waals surface area contributed by atoms with Gasteiger partial charge in [0.25, 0.3) is 0 Å². The summed E-state index contributed by atoms with van der Waals surface area (Å²) in [5.41, 5.74) is 0.883. The number of aliphatic carboxylic acids is 2. The standard InChI is InChI=1S/C12H12N2O4/c13-6-8-3-1-2-4-10(8)14-7-9(12(17)18)5-11(15)16/h1-4,9,14H,5,7H2,(H,15,16)(H,17,18). The molecule has 0 amide bonds. The molecule has 6 heteroatoms. The highest BCUT2D eigenvalue weighted by Crippen LogP contribution is 2.15. The van der Waals surface area contributed by atoms with Crippen molar-refractivity contribution in [3.8, 4) is 6.07 Å². The summed E-state index contributed by atoms with van der Waals surface area (Å²) in [6.45, 7) is -0.0413. The molecule has 0 saturated carbocycles. The molecular formula is C12H12N2O4. The number of hydrogen-bond donors (Lipinski definition) is 3. The molecule has 0 spiro atoms. The summed E-state index contributed by atoms with van der Waals surface area (Å²) in [4.78, 5) is 21.3. The SMILES string of the molecule is N#Cc1ccccc1NCC(CC(=O)O)C(=O)O. The average Bonchev–Trinajstić information content (AvgIpc) is 2.34. The van der Waals surface area contributed by atoms with Gasteiger partial charge in [-0.3, -0.25) is 9.59 Å². The zero-order valence-corrected chi connectivity index (χ0v) is 9.46. The molecule has 0 aliphatic heterocycles. The van der Waals surface area contributed by atoms with Crippen LogP contribution in [0.5, 0.6) is 0 Å². The Bertz CT molecular complexity index is 493. The van der Waals surface area contributed by atoms with Crippen molar-refractivity contribution in [1.29, 1.82) is 5.26 Å². The van der Waals surface area contributed by atoms with Gasteiger partial charge in [-0.05, 0) is 12.1 Å². The fourth-order valence-corrected chi connectivity index (χ4v) is 1.43. The minimum Gasteiger partial charge on any atom is -0.481 e. The summed E-state index contributed by atoms with van der Waals surface area (Å²) >= 11 is 0. The number of carboxylic acid groups (broad SMARTS) is 2. The quantitative estimate of drug-likeness (QED) is 0.696. The highest BCUT2D eigenvalue weighted by molar-refractivity contribution is 5.78. The minimum absolute atomic E-state index is 0.0413. The number of anilines is 1. The van der Waals surface area contributed by atoms with Gasteiger partial charge in [-0.25, -0.2) is 0 Å². The average molecular weight is 248 g/mol. The van der Waals surface area contributed by atoms with Crippen molar-refractivity contribution in [2.24, 2.45) is 5.92 Å². The second-order valence-corrected chi connectivity index (χ2v) is 3.67. The van der Waals surface area contributed by atoms with E-state index in [1.807, 2.05) is 6.07 Å². The molecule has 18 heavy (non-hydrogen) atoms. The molecule has 1 unspecified atom stereocenters. The number of rotatable bonds is 6. The Morgan fingerprint density at radius 2 is 2.00 bits per heavy atom.